The highest BCUT2D eigenvalue weighted by Crippen LogP contribution is 2.31. The van der Waals surface area contributed by atoms with Gasteiger partial charge in [-0.15, -0.1) is 0 Å². The van der Waals surface area contributed by atoms with Gasteiger partial charge in [-0.05, 0) is 25.5 Å². The van der Waals surface area contributed by atoms with Crippen LogP contribution in [0.5, 0.6) is 0 Å². The van der Waals surface area contributed by atoms with Crippen molar-refractivity contribution in [3.63, 3.8) is 0 Å². The zero-order valence-corrected chi connectivity index (χ0v) is 12.5. The van der Waals surface area contributed by atoms with Crippen molar-refractivity contribution in [3.8, 4) is 0 Å². The van der Waals surface area contributed by atoms with E-state index in [-0.39, 0.29) is 30.2 Å². The van der Waals surface area contributed by atoms with Gasteiger partial charge in [0.25, 0.3) is 0 Å². The van der Waals surface area contributed by atoms with Crippen LogP contribution in [0.25, 0.3) is 0 Å². The highest BCUT2D eigenvalue weighted by Gasteiger charge is 2.35. The maximum absolute atomic E-state index is 12.1. The smallest absolute Gasteiger partial charge is 0.227 e. The Hall–Kier alpha value is -1.55. The molecule has 1 aromatic rings. The summed E-state index contributed by atoms with van der Waals surface area (Å²) in [6.07, 6.45) is 1.12. The van der Waals surface area contributed by atoms with E-state index in [0.29, 0.717) is 17.3 Å². The van der Waals surface area contributed by atoms with Crippen LogP contribution >= 0.6 is 11.6 Å². The molecule has 20 heavy (non-hydrogen) atoms. The first-order valence-corrected chi connectivity index (χ1v) is 7.26. The van der Waals surface area contributed by atoms with Crippen molar-refractivity contribution in [2.45, 2.75) is 32.7 Å². The Labute approximate surface area is 124 Å². The molecule has 1 aliphatic heterocycles. The Bertz CT molecular complexity index is 518. The molecule has 1 aromatic carbocycles. The third-order valence-corrected chi connectivity index (χ3v) is 3.96. The quantitative estimate of drug-likeness (QED) is 0.928. The molecule has 1 fully saturated rings. The van der Waals surface area contributed by atoms with E-state index in [1.165, 1.54) is 0 Å². The lowest BCUT2D eigenvalue weighted by Gasteiger charge is -2.18. The van der Waals surface area contributed by atoms with Gasteiger partial charge in [-0.1, -0.05) is 30.7 Å². The summed E-state index contributed by atoms with van der Waals surface area (Å²) in [5.74, 6) is -0.405. The number of carbonyl (C=O) groups excluding carboxylic acids is 2. The topological polar surface area (TPSA) is 49.4 Å². The van der Waals surface area contributed by atoms with Crippen molar-refractivity contribution in [1.82, 2.24) is 5.32 Å². The Balaban J connectivity index is 2.08. The predicted molar refractivity (Wildman–Crippen MR) is 79.8 cm³/mol. The lowest BCUT2D eigenvalue weighted by molar-refractivity contribution is -0.126. The van der Waals surface area contributed by atoms with Crippen LogP contribution in [0.2, 0.25) is 5.02 Å². The minimum absolute atomic E-state index is 0.0533. The van der Waals surface area contributed by atoms with E-state index in [1.807, 2.05) is 26.0 Å². The summed E-state index contributed by atoms with van der Waals surface area (Å²) in [7, 11) is 0. The number of nitrogens with one attached hydrogen (secondary N) is 1. The number of benzene rings is 1. The van der Waals surface area contributed by atoms with Crippen LogP contribution in [-0.4, -0.2) is 24.4 Å². The SMILES string of the molecule is CC[C@H](C)NC(=O)[C@@H]1CC(=O)N(c2ccccc2Cl)C1. The maximum atomic E-state index is 12.1. The summed E-state index contributed by atoms with van der Waals surface area (Å²) >= 11 is 6.11. The van der Waals surface area contributed by atoms with Crippen LogP contribution in [0.1, 0.15) is 26.7 Å². The van der Waals surface area contributed by atoms with Crippen LogP contribution in [-0.2, 0) is 9.59 Å². The summed E-state index contributed by atoms with van der Waals surface area (Å²) in [5.41, 5.74) is 0.679. The number of anilines is 1. The van der Waals surface area contributed by atoms with Crippen molar-refractivity contribution in [1.29, 1.82) is 0 Å². The van der Waals surface area contributed by atoms with Gasteiger partial charge in [-0.3, -0.25) is 9.59 Å². The standard InChI is InChI=1S/C15H19ClN2O2/c1-3-10(2)17-15(20)11-8-14(19)18(9-11)13-7-5-4-6-12(13)16/h4-7,10-11H,3,8-9H2,1-2H3,(H,17,20)/t10-,11+/m0/s1. The van der Waals surface area contributed by atoms with Gasteiger partial charge in [0.2, 0.25) is 11.8 Å². The van der Waals surface area contributed by atoms with Gasteiger partial charge in [0, 0.05) is 19.0 Å². The molecular weight excluding hydrogens is 276 g/mol. The number of nitrogens with zero attached hydrogens (tertiary/aromatic N) is 1. The molecule has 4 nitrogen and oxygen atoms in total. The number of hydrogen-bond acceptors (Lipinski definition) is 2. The highest BCUT2D eigenvalue weighted by atomic mass is 35.5. The summed E-state index contributed by atoms with van der Waals surface area (Å²) < 4.78 is 0. The van der Waals surface area contributed by atoms with Gasteiger partial charge in [0.15, 0.2) is 0 Å². The van der Waals surface area contributed by atoms with Crippen LogP contribution in [0.3, 0.4) is 0 Å². The first-order chi connectivity index (χ1) is 9.52. The average molecular weight is 295 g/mol. The van der Waals surface area contributed by atoms with Gasteiger partial charge in [-0.2, -0.15) is 0 Å². The molecule has 0 aliphatic carbocycles. The zero-order valence-electron chi connectivity index (χ0n) is 11.7. The van der Waals surface area contributed by atoms with Crippen molar-refractivity contribution in [3.05, 3.63) is 29.3 Å². The molecule has 0 saturated carbocycles. The number of hydrogen-bond donors (Lipinski definition) is 1. The molecule has 2 atom stereocenters. The second-order valence-corrected chi connectivity index (χ2v) is 5.58. The molecule has 2 rings (SSSR count). The summed E-state index contributed by atoms with van der Waals surface area (Å²) in [4.78, 5) is 25.8. The van der Waals surface area contributed by atoms with Crippen LogP contribution in [0, 0.1) is 5.92 Å². The zero-order chi connectivity index (χ0) is 14.7. The van der Waals surface area contributed by atoms with Crippen molar-refractivity contribution in [2.75, 3.05) is 11.4 Å². The van der Waals surface area contributed by atoms with Gasteiger partial charge >= 0.3 is 0 Å². The fourth-order valence-corrected chi connectivity index (χ4v) is 2.49. The number of halogens is 1. The lowest BCUT2D eigenvalue weighted by Crippen LogP contribution is -2.38. The largest absolute Gasteiger partial charge is 0.353 e. The molecule has 0 spiro atoms. The van der Waals surface area contributed by atoms with E-state index in [2.05, 4.69) is 5.32 Å². The number of carbonyl (C=O) groups is 2. The fraction of sp³-hybridized carbons (Fsp3) is 0.467. The minimum Gasteiger partial charge on any atom is -0.353 e. The Morgan fingerprint density at radius 1 is 1.50 bits per heavy atom. The molecule has 0 unspecified atom stereocenters. The third kappa shape index (κ3) is 3.12. The maximum Gasteiger partial charge on any atom is 0.227 e. The van der Waals surface area contributed by atoms with Crippen molar-refractivity contribution in [2.24, 2.45) is 5.92 Å². The second-order valence-electron chi connectivity index (χ2n) is 5.17. The molecule has 1 saturated heterocycles. The van der Waals surface area contributed by atoms with Gasteiger partial charge in [0.05, 0.1) is 16.6 Å². The molecule has 0 radical (unpaired) electrons. The molecule has 1 aliphatic rings. The van der Waals surface area contributed by atoms with E-state index in [9.17, 15) is 9.59 Å². The van der Waals surface area contributed by atoms with Crippen LogP contribution in [0.15, 0.2) is 24.3 Å². The predicted octanol–water partition coefficient (Wildman–Crippen LogP) is 2.61. The number of amides is 2. The summed E-state index contributed by atoms with van der Waals surface area (Å²) in [6, 6.07) is 7.33. The molecular formula is C15H19ClN2O2. The number of para-hydroxylation sites is 1. The van der Waals surface area contributed by atoms with Crippen molar-refractivity contribution < 1.29 is 9.59 Å². The molecule has 0 aromatic heterocycles. The van der Waals surface area contributed by atoms with E-state index < -0.39 is 0 Å². The Morgan fingerprint density at radius 2 is 2.20 bits per heavy atom. The molecule has 1 N–H and O–H groups in total. The minimum atomic E-state index is -0.298. The third-order valence-electron chi connectivity index (χ3n) is 3.64. The molecule has 2 amide bonds. The van der Waals surface area contributed by atoms with Gasteiger partial charge in [-0.25, -0.2) is 0 Å². The molecule has 0 bridgehead atoms. The fourth-order valence-electron chi connectivity index (χ4n) is 2.25. The molecule has 108 valence electrons. The molecule has 1 heterocycles. The van der Waals surface area contributed by atoms with Crippen LogP contribution in [0.4, 0.5) is 5.69 Å². The highest BCUT2D eigenvalue weighted by molar-refractivity contribution is 6.33. The first-order valence-electron chi connectivity index (χ1n) is 6.88. The van der Waals surface area contributed by atoms with E-state index in [0.717, 1.165) is 6.42 Å². The molecule has 5 heteroatoms. The summed E-state index contributed by atoms with van der Waals surface area (Å²) in [5, 5.41) is 3.46. The average Bonchev–Trinajstić information content (AvgIpc) is 2.81. The van der Waals surface area contributed by atoms with Crippen molar-refractivity contribution >= 4 is 29.1 Å². The lowest BCUT2D eigenvalue weighted by atomic mass is 10.1. The summed E-state index contributed by atoms with van der Waals surface area (Å²) in [6.45, 7) is 4.37. The second kappa shape index (κ2) is 6.27. The number of rotatable bonds is 4. The monoisotopic (exact) mass is 294 g/mol. The van der Waals surface area contributed by atoms with E-state index in [1.54, 1.807) is 17.0 Å². The normalized spacial score (nSPS) is 20.1. The van der Waals surface area contributed by atoms with Crippen LogP contribution < -0.4 is 10.2 Å². The Kier molecular flexibility index (Phi) is 4.65. The first kappa shape index (κ1) is 14.9. The van der Waals surface area contributed by atoms with Gasteiger partial charge < -0.3 is 10.2 Å². The Morgan fingerprint density at radius 3 is 2.85 bits per heavy atom. The van der Waals surface area contributed by atoms with Gasteiger partial charge in [0.1, 0.15) is 0 Å². The van der Waals surface area contributed by atoms with E-state index in [4.69, 9.17) is 11.6 Å². The van der Waals surface area contributed by atoms with E-state index >= 15 is 0 Å².